The summed E-state index contributed by atoms with van der Waals surface area (Å²) in [5.41, 5.74) is 0. The van der Waals surface area contributed by atoms with Crippen LogP contribution in [0.1, 0.15) is 19.1 Å². The average molecular weight is 294 g/mol. The molecule has 1 atom stereocenters. The maximum atomic E-state index is 5.86. The van der Waals surface area contributed by atoms with Crippen LogP contribution in [0.4, 0.5) is 0 Å². The van der Waals surface area contributed by atoms with E-state index in [1.807, 2.05) is 36.4 Å². The molecular weight excluding hydrogens is 274 g/mol. The van der Waals surface area contributed by atoms with Crippen LogP contribution in [0.5, 0.6) is 5.75 Å². The standard InChI is InChI=1S/C16H20ClNO2/c1-2-9-18-14(11-16-4-3-10-19-16)12-20-15-7-5-13(17)6-8-15/h3-8,10,14,18H,2,9,11-12H2,1H3. The van der Waals surface area contributed by atoms with Gasteiger partial charge in [-0.05, 0) is 49.4 Å². The molecule has 108 valence electrons. The van der Waals surface area contributed by atoms with Gasteiger partial charge in [0.15, 0.2) is 0 Å². The van der Waals surface area contributed by atoms with E-state index in [2.05, 4.69) is 12.2 Å². The monoisotopic (exact) mass is 293 g/mol. The fourth-order valence-electron chi connectivity index (χ4n) is 1.94. The van der Waals surface area contributed by atoms with Crippen LogP contribution in [0.15, 0.2) is 47.1 Å². The maximum Gasteiger partial charge on any atom is 0.119 e. The third-order valence-electron chi connectivity index (χ3n) is 2.98. The Morgan fingerprint density at radius 1 is 1.25 bits per heavy atom. The van der Waals surface area contributed by atoms with Gasteiger partial charge in [-0.2, -0.15) is 0 Å². The number of furan rings is 1. The van der Waals surface area contributed by atoms with Crippen molar-refractivity contribution in [3.8, 4) is 5.75 Å². The molecule has 0 saturated heterocycles. The van der Waals surface area contributed by atoms with Crippen LogP contribution in [0.25, 0.3) is 0 Å². The van der Waals surface area contributed by atoms with E-state index >= 15 is 0 Å². The molecule has 20 heavy (non-hydrogen) atoms. The molecular formula is C16H20ClNO2. The van der Waals surface area contributed by atoms with Crippen molar-refractivity contribution in [3.05, 3.63) is 53.4 Å². The summed E-state index contributed by atoms with van der Waals surface area (Å²) in [6, 6.07) is 11.6. The van der Waals surface area contributed by atoms with E-state index in [1.165, 1.54) is 0 Å². The van der Waals surface area contributed by atoms with Gasteiger partial charge in [-0.1, -0.05) is 18.5 Å². The zero-order valence-electron chi connectivity index (χ0n) is 11.6. The van der Waals surface area contributed by atoms with Gasteiger partial charge < -0.3 is 14.5 Å². The Bertz CT molecular complexity index is 482. The van der Waals surface area contributed by atoms with E-state index in [0.29, 0.717) is 11.6 Å². The van der Waals surface area contributed by atoms with E-state index in [1.54, 1.807) is 6.26 Å². The van der Waals surface area contributed by atoms with Crippen molar-refractivity contribution >= 4 is 11.6 Å². The molecule has 0 amide bonds. The Hall–Kier alpha value is -1.45. The zero-order chi connectivity index (χ0) is 14.2. The van der Waals surface area contributed by atoms with E-state index in [9.17, 15) is 0 Å². The molecule has 0 radical (unpaired) electrons. The summed E-state index contributed by atoms with van der Waals surface area (Å²) < 4.78 is 11.2. The second-order valence-corrected chi connectivity index (χ2v) is 5.14. The van der Waals surface area contributed by atoms with E-state index in [4.69, 9.17) is 20.8 Å². The summed E-state index contributed by atoms with van der Waals surface area (Å²) in [4.78, 5) is 0. The van der Waals surface area contributed by atoms with Crippen LogP contribution < -0.4 is 10.1 Å². The molecule has 0 fully saturated rings. The number of rotatable bonds is 8. The number of ether oxygens (including phenoxy) is 1. The lowest BCUT2D eigenvalue weighted by molar-refractivity contribution is 0.257. The highest BCUT2D eigenvalue weighted by molar-refractivity contribution is 6.30. The highest BCUT2D eigenvalue weighted by Gasteiger charge is 2.11. The smallest absolute Gasteiger partial charge is 0.119 e. The van der Waals surface area contributed by atoms with Gasteiger partial charge in [-0.25, -0.2) is 0 Å². The van der Waals surface area contributed by atoms with E-state index < -0.39 is 0 Å². The summed E-state index contributed by atoms with van der Waals surface area (Å²) in [7, 11) is 0. The van der Waals surface area contributed by atoms with Gasteiger partial charge in [0.05, 0.1) is 6.26 Å². The second-order valence-electron chi connectivity index (χ2n) is 4.70. The molecule has 2 aromatic rings. The number of hydrogen-bond acceptors (Lipinski definition) is 3. The highest BCUT2D eigenvalue weighted by atomic mass is 35.5. The molecule has 0 aliphatic carbocycles. The van der Waals surface area contributed by atoms with Crippen LogP contribution >= 0.6 is 11.6 Å². The summed E-state index contributed by atoms with van der Waals surface area (Å²) in [5, 5.41) is 4.19. The van der Waals surface area contributed by atoms with Gasteiger partial charge in [0, 0.05) is 17.5 Å². The molecule has 1 unspecified atom stereocenters. The molecule has 1 aromatic carbocycles. The molecule has 0 aliphatic heterocycles. The first kappa shape index (κ1) is 14.9. The Morgan fingerprint density at radius 3 is 2.70 bits per heavy atom. The lowest BCUT2D eigenvalue weighted by Crippen LogP contribution is -2.37. The second kappa shape index (κ2) is 7.98. The molecule has 0 bridgehead atoms. The predicted octanol–water partition coefficient (Wildman–Crippen LogP) is 3.92. The minimum Gasteiger partial charge on any atom is -0.492 e. The van der Waals surface area contributed by atoms with Gasteiger partial charge in [-0.3, -0.25) is 0 Å². The van der Waals surface area contributed by atoms with E-state index in [0.717, 1.165) is 30.9 Å². The molecule has 1 N–H and O–H groups in total. The SMILES string of the molecule is CCCNC(COc1ccc(Cl)cc1)Cc1ccco1. The molecule has 0 spiro atoms. The maximum absolute atomic E-state index is 5.86. The van der Waals surface area contributed by atoms with Crippen molar-refractivity contribution in [3.63, 3.8) is 0 Å². The van der Waals surface area contributed by atoms with Crippen molar-refractivity contribution in [2.45, 2.75) is 25.8 Å². The Labute approximate surface area is 124 Å². The molecule has 0 aliphatic rings. The fourth-order valence-corrected chi connectivity index (χ4v) is 2.06. The van der Waals surface area contributed by atoms with Crippen LogP contribution in [0, 0.1) is 0 Å². The molecule has 3 nitrogen and oxygen atoms in total. The van der Waals surface area contributed by atoms with Gasteiger partial charge in [0.25, 0.3) is 0 Å². The Kier molecular flexibility index (Phi) is 5.96. The third-order valence-corrected chi connectivity index (χ3v) is 3.23. The molecule has 2 rings (SSSR count). The first-order valence-corrected chi connectivity index (χ1v) is 7.30. The zero-order valence-corrected chi connectivity index (χ0v) is 12.4. The number of nitrogens with one attached hydrogen (secondary N) is 1. The summed E-state index contributed by atoms with van der Waals surface area (Å²) in [6.07, 6.45) is 3.61. The Morgan fingerprint density at radius 2 is 2.05 bits per heavy atom. The number of hydrogen-bond donors (Lipinski definition) is 1. The van der Waals surface area contributed by atoms with Gasteiger partial charge in [0.2, 0.25) is 0 Å². The van der Waals surface area contributed by atoms with Gasteiger partial charge >= 0.3 is 0 Å². The first-order valence-electron chi connectivity index (χ1n) is 6.92. The first-order chi connectivity index (χ1) is 9.78. The molecule has 0 saturated carbocycles. The minimum absolute atomic E-state index is 0.233. The summed E-state index contributed by atoms with van der Waals surface area (Å²) in [5.74, 6) is 1.80. The average Bonchev–Trinajstić information content (AvgIpc) is 2.96. The Balaban J connectivity index is 1.87. The molecule has 1 aromatic heterocycles. The molecule has 4 heteroatoms. The van der Waals surface area contributed by atoms with Crippen molar-refractivity contribution in [1.82, 2.24) is 5.32 Å². The van der Waals surface area contributed by atoms with Crippen molar-refractivity contribution in [2.75, 3.05) is 13.2 Å². The lowest BCUT2D eigenvalue weighted by atomic mass is 10.2. The lowest BCUT2D eigenvalue weighted by Gasteiger charge is -2.18. The summed E-state index contributed by atoms with van der Waals surface area (Å²) >= 11 is 5.86. The van der Waals surface area contributed by atoms with Gasteiger partial charge in [-0.15, -0.1) is 0 Å². The van der Waals surface area contributed by atoms with E-state index in [-0.39, 0.29) is 6.04 Å². The van der Waals surface area contributed by atoms with Crippen LogP contribution in [-0.4, -0.2) is 19.2 Å². The third kappa shape index (κ3) is 4.91. The topological polar surface area (TPSA) is 34.4 Å². The van der Waals surface area contributed by atoms with Crippen molar-refractivity contribution in [1.29, 1.82) is 0 Å². The normalized spacial score (nSPS) is 12.3. The van der Waals surface area contributed by atoms with Crippen LogP contribution in [0.3, 0.4) is 0 Å². The number of benzene rings is 1. The summed E-state index contributed by atoms with van der Waals surface area (Å²) in [6.45, 7) is 3.72. The van der Waals surface area contributed by atoms with Crippen molar-refractivity contribution in [2.24, 2.45) is 0 Å². The fraction of sp³-hybridized carbons (Fsp3) is 0.375. The number of halogens is 1. The predicted molar refractivity (Wildman–Crippen MR) is 81.4 cm³/mol. The molecule has 1 heterocycles. The van der Waals surface area contributed by atoms with Crippen molar-refractivity contribution < 1.29 is 9.15 Å². The minimum atomic E-state index is 0.233. The van der Waals surface area contributed by atoms with Gasteiger partial charge in [0.1, 0.15) is 18.1 Å². The highest BCUT2D eigenvalue weighted by Crippen LogP contribution is 2.16. The van der Waals surface area contributed by atoms with Crippen LogP contribution in [-0.2, 0) is 6.42 Å². The largest absolute Gasteiger partial charge is 0.492 e. The quantitative estimate of drug-likeness (QED) is 0.801. The van der Waals surface area contributed by atoms with Crippen LogP contribution in [0.2, 0.25) is 5.02 Å².